The molecule has 0 saturated heterocycles. The fourth-order valence-corrected chi connectivity index (χ4v) is 5.80. The van der Waals surface area contributed by atoms with Gasteiger partial charge in [-0.15, -0.1) is 11.3 Å². The highest BCUT2D eigenvalue weighted by Gasteiger charge is 2.33. The van der Waals surface area contributed by atoms with E-state index in [1.54, 1.807) is 11.6 Å². The number of ether oxygens (including phenoxy) is 1. The Morgan fingerprint density at radius 3 is 2.62 bits per heavy atom. The van der Waals surface area contributed by atoms with Crippen molar-refractivity contribution in [2.75, 3.05) is 18.2 Å². The van der Waals surface area contributed by atoms with Crippen molar-refractivity contribution < 1.29 is 26.4 Å². The summed E-state index contributed by atoms with van der Waals surface area (Å²) in [6, 6.07) is 0.337. The number of imidazole rings is 1. The van der Waals surface area contributed by atoms with Gasteiger partial charge in [0, 0.05) is 23.3 Å². The van der Waals surface area contributed by atoms with Crippen LogP contribution in [-0.2, 0) is 19.9 Å². The van der Waals surface area contributed by atoms with Crippen LogP contribution in [0, 0.1) is 6.92 Å². The van der Waals surface area contributed by atoms with Crippen molar-refractivity contribution in [2.45, 2.75) is 23.9 Å². The monoisotopic (exact) mass is 460 g/mol. The zero-order valence-electron chi connectivity index (χ0n) is 15.4. The second-order valence-electron chi connectivity index (χ2n) is 5.62. The fourth-order valence-electron chi connectivity index (χ4n) is 2.33. The first-order chi connectivity index (χ1) is 13.6. The van der Waals surface area contributed by atoms with Crippen LogP contribution in [0.2, 0.25) is 0 Å². The van der Waals surface area contributed by atoms with E-state index in [0.717, 1.165) is 15.7 Å². The van der Waals surface area contributed by atoms with Gasteiger partial charge in [0.1, 0.15) is 0 Å². The molecular formula is C14H16N6O6S3. The Kier molecular flexibility index (Phi) is 5.46. The van der Waals surface area contributed by atoms with E-state index >= 15 is 0 Å². The van der Waals surface area contributed by atoms with Gasteiger partial charge in [-0.05, 0) is 6.92 Å². The molecule has 0 aliphatic carbocycles. The SMILES string of the molecule is CCS(=O)(=O)c1nc2sccn2c1S(=O)(=O)NC(=O)Nc1nc(C)cc(OC)n1. The summed E-state index contributed by atoms with van der Waals surface area (Å²) in [6.07, 6.45) is 1.35. The minimum atomic E-state index is -4.60. The minimum Gasteiger partial charge on any atom is -0.481 e. The van der Waals surface area contributed by atoms with Crippen LogP contribution >= 0.6 is 11.3 Å². The number of thiazole rings is 1. The van der Waals surface area contributed by atoms with Gasteiger partial charge in [0.15, 0.2) is 24.9 Å². The summed E-state index contributed by atoms with van der Waals surface area (Å²) in [4.78, 5) is 24.1. The Balaban J connectivity index is 1.96. The summed E-state index contributed by atoms with van der Waals surface area (Å²) in [7, 11) is -7.20. The number of nitrogens with one attached hydrogen (secondary N) is 2. The largest absolute Gasteiger partial charge is 0.481 e. The Morgan fingerprint density at radius 2 is 1.97 bits per heavy atom. The highest BCUT2D eigenvalue weighted by Crippen LogP contribution is 2.26. The number of carbonyl (C=O) groups excluding carboxylic acids is 1. The second-order valence-corrected chi connectivity index (χ2v) is 10.3. The lowest BCUT2D eigenvalue weighted by Gasteiger charge is -2.09. The van der Waals surface area contributed by atoms with Crippen molar-refractivity contribution in [3.8, 4) is 5.88 Å². The maximum Gasteiger partial charge on any atom is 0.335 e. The molecule has 0 aromatic carbocycles. The van der Waals surface area contributed by atoms with Gasteiger partial charge in [-0.3, -0.25) is 9.72 Å². The molecule has 3 aromatic rings. The second kappa shape index (κ2) is 7.57. The van der Waals surface area contributed by atoms with Crippen LogP contribution in [0.15, 0.2) is 27.7 Å². The summed E-state index contributed by atoms with van der Waals surface area (Å²) in [5, 5.41) is 2.45. The summed E-state index contributed by atoms with van der Waals surface area (Å²) in [5.74, 6) is -0.378. The molecule has 0 aliphatic heterocycles. The smallest absolute Gasteiger partial charge is 0.335 e. The third-order valence-corrected chi connectivity index (χ3v) is 7.48. The van der Waals surface area contributed by atoms with E-state index < -0.39 is 35.9 Å². The molecule has 3 heterocycles. The fraction of sp³-hybridized carbons (Fsp3) is 0.286. The number of sulfonamides is 1. The lowest BCUT2D eigenvalue weighted by molar-refractivity contribution is 0.256. The number of fused-ring (bicyclic) bond motifs is 1. The van der Waals surface area contributed by atoms with E-state index in [1.165, 1.54) is 31.7 Å². The number of urea groups is 1. The minimum absolute atomic E-state index is 0.157. The highest BCUT2D eigenvalue weighted by molar-refractivity contribution is 7.93. The molecule has 29 heavy (non-hydrogen) atoms. The van der Waals surface area contributed by atoms with Gasteiger partial charge in [-0.25, -0.2) is 27.9 Å². The van der Waals surface area contributed by atoms with Gasteiger partial charge < -0.3 is 4.74 Å². The Labute approximate surface area is 169 Å². The van der Waals surface area contributed by atoms with Crippen molar-refractivity contribution in [3.05, 3.63) is 23.3 Å². The predicted octanol–water partition coefficient (Wildman–Crippen LogP) is 0.807. The summed E-state index contributed by atoms with van der Waals surface area (Å²) in [5.41, 5.74) is 0.474. The predicted molar refractivity (Wildman–Crippen MR) is 103 cm³/mol. The van der Waals surface area contributed by atoms with E-state index in [-0.39, 0.29) is 22.5 Å². The molecular weight excluding hydrogens is 444 g/mol. The molecule has 0 bridgehead atoms. The molecule has 0 aliphatic rings. The van der Waals surface area contributed by atoms with Crippen LogP contribution in [0.25, 0.3) is 4.96 Å². The van der Waals surface area contributed by atoms with Crippen molar-refractivity contribution >= 4 is 48.1 Å². The number of amides is 2. The van der Waals surface area contributed by atoms with E-state index in [4.69, 9.17) is 4.74 Å². The number of aromatic nitrogens is 4. The highest BCUT2D eigenvalue weighted by atomic mass is 32.2. The molecule has 2 amide bonds. The Morgan fingerprint density at radius 1 is 1.24 bits per heavy atom. The normalized spacial score (nSPS) is 12.1. The number of carbonyl (C=O) groups is 1. The van der Waals surface area contributed by atoms with Gasteiger partial charge in [0.05, 0.1) is 12.9 Å². The van der Waals surface area contributed by atoms with Gasteiger partial charge in [-0.1, -0.05) is 6.92 Å². The van der Waals surface area contributed by atoms with Crippen molar-refractivity contribution in [3.63, 3.8) is 0 Å². The molecule has 15 heteroatoms. The van der Waals surface area contributed by atoms with Crippen LogP contribution in [0.1, 0.15) is 12.6 Å². The number of anilines is 1. The van der Waals surface area contributed by atoms with Crippen molar-refractivity contribution in [1.82, 2.24) is 24.1 Å². The number of aryl methyl sites for hydroxylation is 1. The molecule has 12 nitrogen and oxygen atoms in total. The van der Waals surface area contributed by atoms with Gasteiger partial charge in [0.2, 0.25) is 11.8 Å². The number of nitrogens with zero attached hydrogens (tertiary/aromatic N) is 4. The van der Waals surface area contributed by atoms with E-state index in [2.05, 4.69) is 20.3 Å². The topological polar surface area (TPSA) is 162 Å². The first kappa shape index (κ1) is 20.9. The summed E-state index contributed by atoms with van der Waals surface area (Å²) < 4.78 is 58.1. The average Bonchev–Trinajstić information content (AvgIpc) is 3.21. The van der Waals surface area contributed by atoms with Gasteiger partial charge >= 0.3 is 6.03 Å². The number of hydrogen-bond acceptors (Lipinski definition) is 10. The Hall–Kier alpha value is -2.78. The van der Waals surface area contributed by atoms with Crippen LogP contribution in [0.4, 0.5) is 10.7 Å². The number of rotatable bonds is 6. The maximum atomic E-state index is 12.8. The Bertz CT molecular complexity index is 1290. The van der Waals surface area contributed by atoms with Crippen LogP contribution in [-0.4, -0.2) is 55.1 Å². The molecule has 0 radical (unpaired) electrons. The summed E-state index contributed by atoms with van der Waals surface area (Å²) in [6.45, 7) is 2.99. The summed E-state index contributed by atoms with van der Waals surface area (Å²) >= 11 is 1.05. The van der Waals surface area contributed by atoms with Crippen molar-refractivity contribution in [2.24, 2.45) is 0 Å². The maximum absolute atomic E-state index is 12.8. The lowest BCUT2D eigenvalue weighted by Crippen LogP contribution is -2.36. The number of methoxy groups -OCH3 is 1. The average molecular weight is 461 g/mol. The lowest BCUT2D eigenvalue weighted by atomic mass is 10.4. The standard InChI is InChI=1S/C14H16N6O6S3/c1-4-28(22,23)10-11(20-5-6-27-14(20)17-10)29(24,25)19-13(21)18-12-15-8(2)7-9(16-12)26-3/h5-7H,4H2,1-3H3,(H2,15,16,18,19,21). The van der Waals surface area contributed by atoms with Gasteiger partial charge in [-0.2, -0.15) is 13.4 Å². The van der Waals surface area contributed by atoms with Gasteiger partial charge in [0.25, 0.3) is 10.0 Å². The van der Waals surface area contributed by atoms with Crippen molar-refractivity contribution in [1.29, 1.82) is 0 Å². The molecule has 156 valence electrons. The molecule has 2 N–H and O–H groups in total. The molecule has 0 spiro atoms. The number of sulfone groups is 1. The molecule has 3 aromatic heterocycles. The molecule has 3 rings (SSSR count). The molecule has 0 fully saturated rings. The zero-order chi connectivity index (χ0) is 21.4. The quantitative estimate of drug-likeness (QED) is 0.542. The van der Waals surface area contributed by atoms with Crippen LogP contribution in [0.5, 0.6) is 5.88 Å². The van der Waals surface area contributed by atoms with E-state index in [9.17, 15) is 21.6 Å². The molecule has 0 atom stereocenters. The molecule has 0 unspecified atom stereocenters. The third kappa shape index (κ3) is 4.15. The third-order valence-electron chi connectivity index (χ3n) is 3.61. The van der Waals surface area contributed by atoms with Crippen LogP contribution < -0.4 is 14.8 Å². The van der Waals surface area contributed by atoms with E-state index in [0.29, 0.717) is 5.69 Å². The molecule has 0 saturated carbocycles. The van der Waals surface area contributed by atoms with Crippen LogP contribution in [0.3, 0.4) is 0 Å². The van der Waals surface area contributed by atoms with E-state index in [1.807, 2.05) is 0 Å². The first-order valence-corrected chi connectivity index (χ1v) is 12.0. The number of hydrogen-bond donors (Lipinski definition) is 2. The first-order valence-electron chi connectivity index (χ1n) is 7.99. The zero-order valence-corrected chi connectivity index (χ0v) is 17.9.